The van der Waals surface area contributed by atoms with E-state index in [0.29, 0.717) is 10.6 Å². The van der Waals surface area contributed by atoms with Gasteiger partial charge in [-0.25, -0.2) is 19.2 Å². The van der Waals surface area contributed by atoms with Gasteiger partial charge in [0.2, 0.25) is 0 Å². The summed E-state index contributed by atoms with van der Waals surface area (Å²) in [7, 11) is 12.4. The molecular formula is C19H24B2N4O4. The third kappa shape index (κ3) is 5.85. The van der Waals surface area contributed by atoms with Crippen molar-refractivity contribution in [3.8, 4) is 5.69 Å². The summed E-state index contributed by atoms with van der Waals surface area (Å²) in [4.78, 5) is 26.0. The largest absolute Gasteiger partial charge is 0.443 e. The molecular weight excluding hydrogens is 370 g/mol. The Balaban J connectivity index is 2.43. The van der Waals surface area contributed by atoms with E-state index in [1.807, 2.05) is 18.2 Å². The second-order valence-electron chi connectivity index (χ2n) is 8.51. The van der Waals surface area contributed by atoms with Gasteiger partial charge in [0.25, 0.3) is 0 Å². The molecule has 4 radical (unpaired) electrons. The van der Waals surface area contributed by atoms with E-state index in [2.05, 4.69) is 10.3 Å². The average Bonchev–Trinajstić information content (AvgIpc) is 3.02. The molecule has 0 saturated heterocycles. The summed E-state index contributed by atoms with van der Waals surface area (Å²) < 4.78 is 12.0. The second kappa shape index (κ2) is 7.93. The van der Waals surface area contributed by atoms with Crippen LogP contribution in [0, 0.1) is 0 Å². The van der Waals surface area contributed by atoms with Crippen molar-refractivity contribution in [1.82, 2.24) is 19.9 Å². The summed E-state index contributed by atoms with van der Waals surface area (Å²) in [6.07, 6.45) is -0.700. The minimum Gasteiger partial charge on any atom is -0.443 e. The molecule has 0 saturated carbocycles. The number of hydrogen-bond acceptors (Lipinski definition) is 6. The first-order valence-electron chi connectivity index (χ1n) is 9.03. The number of ether oxygens (including phenoxy) is 2. The number of nitrogens with zero attached hydrogens (tertiary/aromatic N) is 4. The Labute approximate surface area is 173 Å². The third-order valence-electron chi connectivity index (χ3n) is 3.45. The van der Waals surface area contributed by atoms with Gasteiger partial charge in [-0.2, -0.15) is 0 Å². The number of hydrogen-bond donors (Lipinski definition) is 0. The number of para-hydroxylation sites is 1. The molecule has 8 nitrogen and oxygen atoms in total. The molecule has 2 amide bonds. The van der Waals surface area contributed by atoms with Crippen LogP contribution in [-0.2, 0) is 14.8 Å². The number of benzene rings is 1. The summed E-state index contributed by atoms with van der Waals surface area (Å²) in [6.45, 7) is 9.91. The van der Waals surface area contributed by atoms with Gasteiger partial charge in [0.15, 0.2) is 0 Å². The predicted molar refractivity (Wildman–Crippen MR) is 109 cm³/mol. The van der Waals surface area contributed by atoms with Crippen LogP contribution in [0.4, 0.5) is 9.59 Å². The molecule has 0 aliphatic rings. The standard InChI is InChI=1S/C19H24B2N4O4/c1-17(2,3)28-15(26)25(16(27)29-18(4,5)6)19(20,21)14-12-24(23-22-14)13-10-8-7-9-11-13/h7-12H,1-6H3. The minimum absolute atomic E-state index is 0.0296. The molecule has 10 heteroatoms. The highest BCUT2D eigenvalue weighted by Crippen LogP contribution is 2.26. The maximum absolute atomic E-state index is 12.8. The minimum atomic E-state index is -2.17. The van der Waals surface area contributed by atoms with Crippen LogP contribution in [0.25, 0.3) is 5.69 Å². The first kappa shape index (κ1) is 22.5. The Morgan fingerprint density at radius 2 is 1.41 bits per heavy atom. The monoisotopic (exact) mass is 394 g/mol. The van der Waals surface area contributed by atoms with E-state index in [9.17, 15) is 9.59 Å². The van der Waals surface area contributed by atoms with Crippen molar-refractivity contribution in [2.45, 2.75) is 58.1 Å². The van der Waals surface area contributed by atoms with Gasteiger partial charge in [-0.15, -0.1) is 5.10 Å². The Bertz CT molecular complexity index is 842. The van der Waals surface area contributed by atoms with Crippen molar-refractivity contribution in [2.24, 2.45) is 0 Å². The summed E-state index contributed by atoms with van der Waals surface area (Å²) >= 11 is 0. The molecule has 0 atom stereocenters. The lowest BCUT2D eigenvalue weighted by atomic mass is 9.59. The zero-order chi connectivity index (χ0) is 22.0. The zero-order valence-electron chi connectivity index (χ0n) is 17.5. The third-order valence-corrected chi connectivity index (χ3v) is 3.45. The summed E-state index contributed by atoms with van der Waals surface area (Å²) in [5.74, 6) is 0. The maximum Gasteiger partial charge on any atom is 0.419 e. The van der Waals surface area contributed by atoms with Crippen LogP contribution in [-0.4, -0.2) is 59.0 Å². The van der Waals surface area contributed by atoms with Crippen molar-refractivity contribution in [2.75, 3.05) is 0 Å². The number of imide groups is 1. The fourth-order valence-electron chi connectivity index (χ4n) is 2.26. The van der Waals surface area contributed by atoms with Gasteiger partial charge in [0.1, 0.15) is 26.9 Å². The van der Waals surface area contributed by atoms with Crippen molar-refractivity contribution in [3.63, 3.8) is 0 Å². The van der Waals surface area contributed by atoms with Crippen molar-refractivity contribution in [3.05, 3.63) is 42.2 Å². The van der Waals surface area contributed by atoms with E-state index in [-0.39, 0.29) is 5.69 Å². The summed E-state index contributed by atoms with van der Waals surface area (Å²) in [5, 5.41) is 5.76. The van der Waals surface area contributed by atoms with Crippen LogP contribution in [0.2, 0.25) is 0 Å². The van der Waals surface area contributed by atoms with Crippen LogP contribution in [0.3, 0.4) is 0 Å². The molecule has 2 rings (SSSR count). The second-order valence-corrected chi connectivity index (χ2v) is 8.51. The van der Waals surface area contributed by atoms with Crippen molar-refractivity contribution >= 4 is 27.9 Å². The fraction of sp³-hybridized carbons (Fsp3) is 0.474. The number of rotatable bonds is 3. The van der Waals surface area contributed by atoms with Gasteiger partial charge < -0.3 is 9.47 Å². The van der Waals surface area contributed by atoms with E-state index in [4.69, 9.17) is 25.2 Å². The average molecular weight is 394 g/mol. The van der Waals surface area contributed by atoms with E-state index in [0.717, 1.165) is 0 Å². The normalized spacial score (nSPS) is 12.3. The van der Waals surface area contributed by atoms with Gasteiger partial charge in [0, 0.05) is 5.34 Å². The van der Waals surface area contributed by atoms with Crippen LogP contribution in [0.1, 0.15) is 47.2 Å². The molecule has 2 aromatic rings. The van der Waals surface area contributed by atoms with Crippen LogP contribution in [0.5, 0.6) is 0 Å². The first-order valence-corrected chi connectivity index (χ1v) is 9.03. The van der Waals surface area contributed by atoms with E-state index >= 15 is 0 Å². The number of carbonyl (C=O) groups is 2. The maximum atomic E-state index is 12.8. The number of aromatic nitrogens is 3. The van der Waals surface area contributed by atoms with Gasteiger partial charge in [0.05, 0.1) is 17.6 Å². The summed E-state index contributed by atoms with van der Waals surface area (Å²) in [6, 6.07) is 9.09. The molecule has 0 aliphatic carbocycles. The van der Waals surface area contributed by atoms with Crippen molar-refractivity contribution in [1.29, 1.82) is 0 Å². The predicted octanol–water partition coefficient (Wildman–Crippen LogP) is 2.89. The lowest BCUT2D eigenvalue weighted by Crippen LogP contribution is -2.56. The Kier molecular flexibility index (Phi) is 6.15. The Morgan fingerprint density at radius 1 is 0.931 bits per heavy atom. The van der Waals surface area contributed by atoms with Gasteiger partial charge in [-0.05, 0) is 53.7 Å². The highest BCUT2D eigenvalue weighted by atomic mass is 16.6. The Hall–Kier alpha value is -2.77. The molecule has 0 N–H and O–H groups in total. The zero-order valence-corrected chi connectivity index (χ0v) is 17.5. The number of carbonyl (C=O) groups excluding carboxylic acids is 2. The molecule has 0 aliphatic heterocycles. The smallest absolute Gasteiger partial charge is 0.419 e. The highest BCUT2D eigenvalue weighted by molar-refractivity contribution is 6.41. The lowest BCUT2D eigenvalue weighted by molar-refractivity contribution is -0.00537. The molecule has 29 heavy (non-hydrogen) atoms. The molecule has 0 spiro atoms. The topological polar surface area (TPSA) is 86.5 Å². The van der Waals surface area contributed by atoms with Crippen molar-refractivity contribution < 1.29 is 19.1 Å². The number of amides is 2. The van der Waals surface area contributed by atoms with Crippen LogP contribution >= 0.6 is 0 Å². The van der Waals surface area contributed by atoms with Crippen LogP contribution in [0.15, 0.2) is 36.5 Å². The highest BCUT2D eigenvalue weighted by Gasteiger charge is 2.43. The molecule has 150 valence electrons. The molecule has 1 aromatic heterocycles. The van der Waals surface area contributed by atoms with Gasteiger partial charge in [-0.1, -0.05) is 23.4 Å². The molecule has 0 fully saturated rings. The van der Waals surface area contributed by atoms with E-state index in [1.54, 1.807) is 53.7 Å². The van der Waals surface area contributed by atoms with Gasteiger partial charge in [-0.3, -0.25) is 0 Å². The molecule has 1 heterocycles. The van der Waals surface area contributed by atoms with Gasteiger partial charge >= 0.3 is 12.2 Å². The quantitative estimate of drug-likeness (QED) is 0.745. The summed E-state index contributed by atoms with van der Waals surface area (Å²) in [5.41, 5.74) is -1.12. The molecule has 1 aromatic carbocycles. The molecule has 0 bridgehead atoms. The van der Waals surface area contributed by atoms with E-state index < -0.39 is 28.7 Å². The van der Waals surface area contributed by atoms with Crippen LogP contribution < -0.4 is 0 Å². The van der Waals surface area contributed by atoms with E-state index in [1.165, 1.54) is 10.9 Å². The fourth-order valence-corrected chi connectivity index (χ4v) is 2.26. The first-order chi connectivity index (χ1) is 13.2. The molecule has 0 unspecified atom stereocenters. The Morgan fingerprint density at radius 3 is 1.86 bits per heavy atom. The lowest BCUT2D eigenvalue weighted by Gasteiger charge is -2.38. The SMILES string of the molecule is [B]C([B])(c1cn(-c2ccccc2)nn1)N(C(=O)OC(C)(C)C)C(=O)OC(C)(C)C.